The average Bonchev–Trinajstić information content (AvgIpc) is 2.20. The molecule has 0 radical (unpaired) electrons. The Kier molecular flexibility index (Phi) is 4.78. The molecule has 3 N–H and O–H groups in total. The molecule has 15 heavy (non-hydrogen) atoms. The molecule has 0 aliphatic rings. The summed E-state index contributed by atoms with van der Waals surface area (Å²) >= 11 is 7.29. The van der Waals surface area contributed by atoms with Crippen LogP contribution in [0.4, 0.5) is 5.69 Å². The van der Waals surface area contributed by atoms with Crippen molar-refractivity contribution < 1.29 is 4.79 Å². The molecular weight excluding hydrogens is 232 g/mol. The number of amides is 1. The van der Waals surface area contributed by atoms with Crippen LogP contribution >= 0.6 is 23.4 Å². The van der Waals surface area contributed by atoms with Gasteiger partial charge in [0.05, 0.1) is 16.5 Å². The van der Waals surface area contributed by atoms with Gasteiger partial charge in [-0.25, -0.2) is 0 Å². The predicted molar refractivity (Wildman–Crippen MR) is 65.3 cm³/mol. The number of anilines is 1. The summed E-state index contributed by atoms with van der Waals surface area (Å²) in [5, 5.41) is 3.25. The van der Waals surface area contributed by atoms with Gasteiger partial charge < -0.3 is 11.1 Å². The zero-order valence-corrected chi connectivity index (χ0v) is 9.99. The normalized spacial score (nSPS) is 10.0. The van der Waals surface area contributed by atoms with Crippen molar-refractivity contribution in [2.75, 3.05) is 18.0 Å². The molecule has 1 aromatic rings. The van der Waals surface area contributed by atoms with E-state index in [9.17, 15) is 4.79 Å². The monoisotopic (exact) mass is 244 g/mol. The van der Waals surface area contributed by atoms with Crippen molar-refractivity contribution in [3.63, 3.8) is 0 Å². The van der Waals surface area contributed by atoms with Crippen molar-refractivity contribution in [1.29, 1.82) is 0 Å². The Labute approximate surface area is 98.4 Å². The second-order valence-corrected chi connectivity index (χ2v) is 4.38. The summed E-state index contributed by atoms with van der Waals surface area (Å²) < 4.78 is 0. The van der Waals surface area contributed by atoms with E-state index in [1.165, 1.54) is 11.8 Å². The van der Waals surface area contributed by atoms with E-state index in [-0.39, 0.29) is 5.91 Å². The van der Waals surface area contributed by atoms with Crippen LogP contribution in [0.25, 0.3) is 0 Å². The fraction of sp³-hybridized carbons (Fsp3) is 0.300. The smallest absolute Gasteiger partial charge is 0.230 e. The van der Waals surface area contributed by atoms with E-state index < -0.39 is 0 Å². The van der Waals surface area contributed by atoms with Gasteiger partial charge in [-0.05, 0) is 25.1 Å². The van der Waals surface area contributed by atoms with Crippen LogP contribution in [0, 0.1) is 0 Å². The molecule has 0 saturated carbocycles. The van der Waals surface area contributed by atoms with Crippen LogP contribution in [0.3, 0.4) is 0 Å². The lowest BCUT2D eigenvalue weighted by Crippen LogP contribution is -2.24. The van der Waals surface area contributed by atoms with Gasteiger partial charge in [0.25, 0.3) is 0 Å². The SMILES string of the molecule is CCNC(=O)CSc1ccc(N)c(Cl)c1. The highest BCUT2D eigenvalue weighted by atomic mass is 35.5. The van der Waals surface area contributed by atoms with Crippen LogP contribution in [0.1, 0.15) is 6.92 Å². The number of halogens is 1. The number of hydrogen-bond donors (Lipinski definition) is 2. The van der Waals surface area contributed by atoms with E-state index in [2.05, 4.69) is 5.32 Å². The lowest BCUT2D eigenvalue weighted by atomic mass is 10.3. The lowest BCUT2D eigenvalue weighted by molar-refractivity contribution is -0.118. The Morgan fingerprint density at radius 3 is 2.93 bits per heavy atom. The summed E-state index contributed by atoms with van der Waals surface area (Å²) in [6.07, 6.45) is 0. The maximum atomic E-state index is 11.2. The first-order valence-corrected chi connectivity index (χ1v) is 5.94. The summed E-state index contributed by atoms with van der Waals surface area (Å²) in [6.45, 7) is 2.55. The number of nitrogens with one attached hydrogen (secondary N) is 1. The molecular formula is C10H13ClN2OS. The molecule has 0 spiro atoms. The van der Waals surface area contributed by atoms with E-state index in [0.29, 0.717) is 23.0 Å². The summed E-state index contributed by atoms with van der Waals surface area (Å²) in [6, 6.07) is 5.36. The Bertz CT molecular complexity index is 357. The number of benzene rings is 1. The standard InChI is InChI=1S/C10H13ClN2OS/c1-2-13-10(14)6-15-7-3-4-9(12)8(11)5-7/h3-5H,2,6,12H2,1H3,(H,13,14). The zero-order valence-electron chi connectivity index (χ0n) is 8.42. The molecule has 0 fully saturated rings. The van der Waals surface area contributed by atoms with Gasteiger partial charge in [-0.2, -0.15) is 0 Å². The van der Waals surface area contributed by atoms with Gasteiger partial charge in [-0.3, -0.25) is 4.79 Å². The summed E-state index contributed by atoms with van der Waals surface area (Å²) in [7, 11) is 0. The van der Waals surface area contributed by atoms with Crippen LogP contribution in [0.5, 0.6) is 0 Å². The van der Waals surface area contributed by atoms with E-state index in [1.807, 2.05) is 13.0 Å². The Morgan fingerprint density at radius 1 is 1.60 bits per heavy atom. The number of nitrogen functional groups attached to an aromatic ring is 1. The first-order chi connectivity index (χ1) is 7.13. The average molecular weight is 245 g/mol. The number of hydrogen-bond acceptors (Lipinski definition) is 3. The number of rotatable bonds is 4. The topological polar surface area (TPSA) is 55.1 Å². The minimum absolute atomic E-state index is 0.0236. The highest BCUT2D eigenvalue weighted by Gasteiger charge is 2.03. The van der Waals surface area contributed by atoms with Gasteiger partial charge in [0.2, 0.25) is 5.91 Å². The van der Waals surface area contributed by atoms with Gasteiger partial charge in [0.1, 0.15) is 0 Å². The molecule has 82 valence electrons. The van der Waals surface area contributed by atoms with Gasteiger partial charge in [-0.1, -0.05) is 11.6 Å². The highest BCUT2D eigenvalue weighted by molar-refractivity contribution is 8.00. The maximum absolute atomic E-state index is 11.2. The molecule has 0 saturated heterocycles. The van der Waals surface area contributed by atoms with Gasteiger partial charge in [0, 0.05) is 11.4 Å². The van der Waals surface area contributed by atoms with Crippen molar-refractivity contribution in [3.05, 3.63) is 23.2 Å². The van der Waals surface area contributed by atoms with E-state index >= 15 is 0 Å². The second kappa shape index (κ2) is 5.88. The minimum Gasteiger partial charge on any atom is -0.398 e. The molecule has 0 unspecified atom stereocenters. The van der Waals surface area contributed by atoms with E-state index in [0.717, 1.165) is 4.90 Å². The molecule has 0 aliphatic carbocycles. The molecule has 1 aromatic carbocycles. The number of nitrogens with two attached hydrogens (primary N) is 1. The molecule has 0 aliphatic heterocycles. The third-order valence-electron chi connectivity index (χ3n) is 1.72. The van der Waals surface area contributed by atoms with Crippen molar-refractivity contribution in [2.45, 2.75) is 11.8 Å². The van der Waals surface area contributed by atoms with Gasteiger partial charge >= 0.3 is 0 Å². The zero-order chi connectivity index (χ0) is 11.3. The van der Waals surface area contributed by atoms with Crippen molar-refractivity contribution in [3.8, 4) is 0 Å². The molecule has 0 heterocycles. The third-order valence-corrected chi connectivity index (χ3v) is 3.04. The summed E-state index contributed by atoms with van der Waals surface area (Å²) in [4.78, 5) is 12.1. The van der Waals surface area contributed by atoms with Crippen LogP contribution < -0.4 is 11.1 Å². The molecule has 0 aromatic heterocycles. The fourth-order valence-corrected chi connectivity index (χ4v) is 2.01. The van der Waals surface area contributed by atoms with Gasteiger partial charge in [0.15, 0.2) is 0 Å². The molecule has 0 atom stereocenters. The summed E-state index contributed by atoms with van der Waals surface area (Å²) in [5.41, 5.74) is 6.13. The van der Waals surface area contributed by atoms with E-state index in [1.54, 1.807) is 12.1 Å². The Balaban J connectivity index is 2.51. The summed E-state index contributed by atoms with van der Waals surface area (Å²) in [5.74, 6) is 0.420. The first kappa shape index (κ1) is 12.2. The molecule has 0 bridgehead atoms. The van der Waals surface area contributed by atoms with Crippen molar-refractivity contribution >= 4 is 35.0 Å². The number of carbonyl (C=O) groups is 1. The van der Waals surface area contributed by atoms with Crippen LogP contribution in [0.2, 0.25) is 5.02 Å². The molecule has 5 heteroatoms. The molecule has 3 nitrogen and oxygen atoms in total. The van der Waals surface area contributed by atoms with Crippen LogP contribution in [-0.4, -0.2) is 18.2 Å². The molecule has 1 rings (SSSR count). The fourth-order valence-electron chi connectivity index (χ4n) is 0.995. The number of thioether (sulfide) groups is 1. The molecule has 1 amide bonds. The third kappa shape index (κ3) is 4.01. The van der Waals surface area contributed by atoms with Crippen LogP contribution in [0.15, 0.2) is 23.1 Å². The van der Waals surface area contributed by atoms with Crippen molar-refractivity contribution in [2.24, 2.45) is 0 Å². The minimum atomic E-state index is 0.0236. The second-order valence-electron chi connectivity index (χ2n) is 2.93. The van der Waals surface area contributed by atoms with E-state index in [4.69, 9.17) is 17.3 Å². The quantitative estimate of drug-likeness (QED) is 0.630. The Morgan fingerprint density at radius 2 is 2.33 bits per heavy atom. The lowest BCUT2D eigenvalue weighted by Gasteiger charge is -2.04. The largest absolute Gasteiger partial charge is 0.398 e. The van der Waals surface area contributed by atoms with Gasteiger partial charge in [-0.15, -0.1) is 11.8 Å². The van der Waals surface area contributed by atoms with Crippen molar-refractivity contribution in [1.82, 2.24) is 5.32 Å². The highest BCUT2D eigenvalue weighted by Crippen LogP contribution is 2.25. The van der Waals surface area contributed by atoms with Crippen LogP contribution in [-0.2, 0) is 4.79 Å². The first-order valence-electron chi connectivity index (χ1n) is 4.58. The Hall–Kier alpha value is -0.870. The number of carbonyl (C=O) groups excluding carboxylic acids is 1. The predicted octanol–water partition coefficient (Wildman–Crippen LogP) is 2.15. The maximum Gasteiger partial charge on any atom is 0.230 e.